The minimum atomic E-state index is -3.62. The molecule has 2 aromatic carbocycles. The first kappa shape index (κ1) is 19.4. The van der Waals surface area contributed by atoms with Gasteiger partial charge >= 0.3 is 6.09 Å². The highest BCUT2D eigenvalue weighted by Gasteiger charge is 2.34. The SMILES string of the molecule is COC(=O)Nc1ccc(S(=O)(=O)N2CC[C@H](n3c(C)nc4ccccc43)C2)cc1. The third-order valence-corrected chi connectivity index (χ3v) is 7.07. The molecule has 3 aromatic rings. The fraction of sp³-hybridized carbons (Fsp3) is 0.300. The summed E-state index contributed by atoms with van der Waals surface area (Å²) in [4.78, 5) is 16.1. The summed E-state index contributed by atoms with van der Waals surface area (Å²) in [6.07, 6.45) is 0.119. The number of hydrogen-bond donors (Lipinski definition) is 1. The van der Waals surface area contributed by atoms with Crippen LogP contribution in [-0.2, 0) is 14.8 Å². The average molecular weight is 414 g/mol. The summed E-state index contributed by atoms with van der Waals surface area (Å²) in [6.45, 7) is 2.79. The number of para-hydroxylation sites is 2. The number of aromatic nitrogens is 2. The number of nitrogens with zero attached hydrogens (tertiary/aromatic N) is 3. The fourth-order valence-electron chi connectivity index (χ4n) is 3.79. The maximum atomic E-state index is 13.1. The molecule has 0 saturated carbocycles. The summed E-state index contributed by atoms with van der Waals surface area (Å²) in [5, 5.41) is 2.51. The number of aryl methyl sites for hydroxylation is 1. The lowest BCUT2D eigenvalue weighted by Crippen LogP contribution is -2.29. The Balaban J connectivity index is 1.55. The molecule has 1 saturated heterocycles. The zero-order valence-electron chi connectivity index (χ0n) is 16.2. The maximum absolute atomic E-state index is 13.1. The number of fused-ring (bicyclic) bond motifs is 1. The minimum Gasteiger partial charge on any atom is -0.453 e. The number of rotatable bonds is 4. The van der Waals surface area contributed by atoms with Crippen LogP contribution < -0.4 is 5.32 Å². The number of anilines is 1. The Hall–Kier alpha value is -2.91. The summed E-state index contributed by atoms with van der Waals surface area (Å²) in [7, 11) is -2.36. The number of carbonyl (C=O) groups excluding carboxylic acids is 1. The van der Waals surface area contributed by atoms with E-state index in [4.69, 9.17) is 0 Å². The van der Waals surface area contributed by atoms with Crippen LogP contribution in [0.3, 0.4) is 0 Å². The van der Waals surface area contributed by atoms with Gasteiger partial charge in [-0.05, 0) is 49.7 Å². The molecule has 0 unspecified atom stereocenters. The van der Waals surface area contributed by atoms with Crippen molar-refractivity contribution >= 4 is 32.8 Å². The monoisotopic (exact) mass is 414 g/mol. The standard InChI is InChI=1S/C20H22N4O4S/c1-14-21-18-5-3-4-6-19(18)24(14)16-11-12-23(13-16)29(26,27)17-9-7-15(8-10-17)22-20(25)28-2/h3-10,16H,11-13H2,1-2H3,(H,22,25)/t16-/m0/s1. The molecule has 1 atom stereocenters. The quantitative estimate of drug-likeness (QED) is 0.708. The summed E-state index contributed by atoms with van der Waals surface area (Å²) < 4.78 is 34.3. The number of sulfonamides is 1. The van der Waals surface area contributed by atoms with E-state index in [9.17, 15) is 13.2 Å². The van der Waals surface area contributed by atoms with Crippen molar-refractivity contribution in [2.75, 3.05) is 25.5 Å². The number of benzene rings is 2. The van der Waals surface area contributed by atoms with Gasteiger partial charge in [0.2, 0.25) is 10.0 Å². The van der Waals surface area contributed by atoms with Crippen molar-refractivity contribution < 1.29 is 17.9 Å². The molecule has 1 amide bonds. The lowest BCUT2D eigenvalue weighted by Gasteiger charge is -2.18. The number of nitrogens with one attached hydrogen (secondary N) is 1. The van der Waals surface area contributed by atoms with Crippen molar-refractivity contribution in [2.24, 2.45) is 0 Å². The Kier molecular flexibility index (Phi) is 5.01. The van der Waals surface area contributed by atoms with Gasteiger partial charge in [0.25, 0.3) is 0 Å². The van der Waals surface area contributed by atoms with E-state index in [1.807, 2.05) is 31.2 Å². The van der Waals surface area contributed by atoms with Gasteiger partial charge in [-0.15, -0.1) is 0 Å². The van der Waals surface area contributed by atoms with Gasteiger partial charge in [0.05, 0.1) is 29.1 Å². The first-order chi connectivity index (χ1) is 13.9. The predicted octanol–water partition coefficient (Wildman–Crippen LogP) is 3.16. The Morgan fingerprint density at radius 1 is 1.17 bits per heavy atom. The second-order valence-corrected chi connectivity index (χ2v) is 8.90. The summed E-state index contributed by atoms with van der Waals surface area (Å²) in [5.41, 5.74) is 2.41. The van der Waals surface area contributed by atoms with Crippen molar-refractivity contribution in [3.63, 3.8) is 0 Å². The average Bonchev–Trinajstić information content (AvgIpc) is 3.32. The van der Waals surface area contributed by atoms with Gasteiger partial charge in [-0.1, -0.05) is 12.1 Å². The molecule has 2 heterocycles. The number of ether oxygens (including phenoxy) is 1. The molecule has 8 nitrogen and oxygen atoms in total. The molecule has 9 heteroatoms. The molecule has 152 valence electrons. The van der Waals surface area contributed by atoms with Crippen LogP contribution in [0.15, 0.2) is 53.4 Å². The van der Waals surface area contributed by atoms with Crippen LogP contribution in [0, 0.1) is 6.92 Å². The van der Waals surface area contributed by atoms with Crippen LogP contribution in [-0.4, -0.2) is 48.6 Å². The van der Waals surface area contributed by atoms with Crippen molar-refractivity contribution in [3.8, 4) is 0 Å². The van der Waals surface area contributed by atoms with Gasteiger partial charge < -0.3 is 9.30 Å². The highest BCUT2D eigenvalue weighted by molar-refractivity contribution is 7.89. The van der Waals surface area contributed by atoms with Crippen molar-refractivity contribution in [1.82, 2.24) is 13.9 Å². The molecule has 4 rings (SSSR count). The highest BCUT2D eigenvalue weighted by atomic mass is 32.2. The minimum absolute atomic E-state index is 0.0393. The van der Waals surface area contributed by atoms with Crippen molar-refractivity contribution in [1.29, 1.82) is 0 Å². The van der Waals surface area contributed by atoms with Gasteiger partial charge in [0, 0.05) is 18.8 Å². The van der Waals surface area contributed by atoms with Gasteiger partial charge in [-0.2, -0.15) is 4.31 Å². The zero-order chi connectivity index (χ0) is 20.6. The van der Waals surface area contributed by atoms with Gasteiger partial charge in [0.15, 0.2) is 0 Å². The maximum Gasteiger partial charge on any atom is 0.411 e. The van der Waals surface area contributed by atoms with E-state index in [1.54, 1.807) is 12.1 Å². The van der Waals surface area contributed by atoms with Crippen LogP contribution in [0.1, 0.15) is 18.3 Å². The molecule has 1 N–H and O–H groups in total. The van der Waals surface area contributed by atoms with E-state index in [0.29, 0.717) is 18.8 Å². The van der Waals surface area contributed by atoms with E-state index in [1.165, 1.54) is 23.5 Å². The topological polar surface area (TPSA) is 93.5 Å². The smallest absolute Gasteiger partial charge is 0.411 e. The first-order valence-corrected chi connectivity index (χ1v) is 10.7. The highest BCUT2D eigenvalue weighted by Crippen LogP contribution is 2.31. The summed E-state index contributed by atoms with van der Waals surface area (Å²) in [6, 6.07) is 14.0. The second kappa shape index (κ2) is 7.49. The number of carbonyl (C=O) groups is 1. The first-order valence-electron chi connectivity index (χ1n) is 9.29. The molecular formula is C20H22N4O4S. The number of amides is 1. The number of methoxy groups -OCH3 is 1. The number of hydrogen-bond acceptors (Lipinski definition) is 5. The van der Waals surface area contributed by atoms with Crippen LogP contribution >= 0.6 is 0 Å². The largest absolute Gasteiger partial charge is 0.453 e. The van der Waals surface area contributed by atoms with Crippen LogP contribution in [0.25, 0.3) is 11.0 Å². The molecule has 1 aromatic heterocycles. The molecule has 29 heavy (non-hydrogen) atoms. The molecule has 0 aliphatic carbocycles. The predicted molar refractivity (Wildman–Crippen MR) is 109 cm³/mol. The second-order valence-electron chi connectivity index (χ2n) is 6.96. The van der Waals surface area contributed by atoms with E-state index >= 15 is 0 Å². The Morgan fingerprint density at radius 2 is 1.90 bits per heavy atom. The third-order valence-electron chi connectivity index (χ3n) is 5.19. The van der Waals surface area contributed by atoms with E-state index in [0.717, 1.165) is 23.3 Å². The van der Waals surface area contributed by atoms with Crippen LogP contribution in [0.4, 0.5) is 10.5 Å². The molecule has 1 aliphatic rings. The summed E-state index contributed by atoms with van der Waals surface area (Å²) in [5.74, 6) is 0.883. The van der Waals surface area contributed by atoms with Crippen molar-refractivity contribution in [3.05, 3.63) is 54.4 Å². The van der Waals surface area contributed by atoms with Gasteiger partial charge in [-0.25, -0.2) is 18.2 Å². The molecule has 1 aliphatic heterocycles. The molecule has 0 spiro atoms. The summed E-state index contributed by atoms with van der Waals surface area (Å²) >= 11 is 0. The fourth-order valence-corrected chi connectivity index (χ4v) is 5.29. The molecule has 0 radical (unpaired) electrons. The molecule has 1 fully saturated rings. The lowest BCUT2D eigenvalue weighted by atomic mass is 10.2. The Labute approximate surface area is 169 Å². The Bertz CT molecular complexity index is 1150. The Morgan fingerprint density at radius 3 is 2.62 bits per heavy atom. The van der Waals surface area contributed by atoms with Gasteiger partial charge in [-0.3, -0.25) is 5.32 Å². The number of imidazole rings is 1. The molecular weight excluding hydrogens is 392 g/mol. The van der Waals surface area contributed by atoms with Crippen LogP contribution in [0.5, 0.6) is 0 Å². The van der Waals surface area contributed by atoms with Crippen molar-refractivity contribution in [2.45, 2.75) is 24.3 Å². The van der Waals surface area contributed by atoms with E-state index in [2.05, 4.69) is 19.6 Å². The molecule has 0 bridgehead atoms. The van der Waals surface area contributed by atoms with E-state index in [-0.39, 0.29) is 10.9 Å². The van der Waals surface area contributed by atoms with Gasteiger partial charge in [0.1, 0.15) is 5.82 Å². The van der Waals surface area contributed by atoms with Crippen LogP contribution in [0.2, 0.25) is 0 Å². The normalized spacial score (nSPS) is 17.5. The zero-order valence-corrected chi connectivity index (χ0v) is 17.0. The third kappa shape index (κ3) is 3.58. The van der Waals surface area contributed by atoms with E-state index < -0.39 is 16.1 Å². The lowest BCUT2D eigenvalue weighted by molar-refractivity contribution is 0.187.